The first-order valence-corrected chi connectivity index (χ1v) is 27.5. The van der Waals surface area contributed by atoms with Crippen molar-refractivity contribution < 1.29 is 43.0 Å². The van der Waals surface area contributed by atoms with E-state index in [0.29, 0.717) is 33.6 Å². The normalized spacial score (nSPS) is 12.9. The molecular weight excluding hydrogens is 1040 g/mol. The molecule has 0 radical (unpaired) electrons. The molecule has 420 valence electrons. The van der Waals surface area contributed by atoms with Crippen molar-refractivity contribution >= 4 is 53.0 Å². The van der Waals surface area contributed by atoms with Crippen LogP contribution in [0.15, 0.2) is 206 Å². The monoisotopic (exact) mass is 1110 g/mol. The quantitative estimate of drug-likeness (QED) is 0.0378. The van der Waals surface area contributed by atoms with Crippen molar-refractivity contribution in [1.82, 2.24) is 21.3 Å². The third-order valence-corrected chi connectivity index (χ3v) is 14.6. The van der Waals surface area contributed by atoms with Gasteiger partial charge in [-0.05, 0) is 81.6 Å². The smallest absolute Gasteiger partial charge is 0.407 e. The van der Waals surface area contributed by atoms with E-state index < -0.39 is 65.8 Å². The highest BCUT2D eigenvalue weighted by Gasteiger charge is 2.33. The molecule has 15 heteroatoms. The van der Waals surface area contributed by atoms with Crippen molar-refractivity contribution in [3.8, 4) is 33.4 Å². The summed E-state index contributed by atoms with van der Waals surface area (Å²) in [6.07, 6.45) is -0.537. The van der Waals surface area contributed by atoms with Crippen LogP contribution in [0.25, 0.3) is 33.4 Å². The van der Waals surface area contributed by atoms with Crippen LogP contribution in [0, 0.1) is 5.92 Å². The van der Waals surface area contributed by atoms with E-state index in [1.54, 1.807) is 118 Å². The molecule has 83 heavy (non-hydrogen) atoms. The summed E-state index contributed by atoms with van der Waals surface area (Å²) < 4.78 is 10.7. The van der Waals surface area contributed by atoms with Crippen LogP contribution in [0.1, 0.15) is 69.7 Å². The van der Waals surface area contributed by atoms with Crippen LogP contribution in [0.3, 0.4) is 0 Å². The molecule has 6 amide bonds. The van der Waals surface area contributed by atoms with Crippen molar-refractivity contribution in [1.29, 1.82) is 0 Å². The maximum absolute atomic E-state index is 14.8. The van der Waals surface area contributed by atoms with E-state index in [0.717, 1.165) is 33.4 Å². The number of esters is 1. The van der Waals surface area contributed by atoms with Crippen LogP contribution in [-0.2, 0) is 41.5 Å². The zero-order valence-corrected chi connectivity index (χ0v) is 46.4. The van der Waals surface area contributed by atoms with Crippen molar-refractivity contribution in [3.05, 3.63) is 240 Å². The van der Waals surface area contributed by atoms with Gasteiger partial charge in [0.1, 0.15) is 30.8 Å². The highest BCUT2D eigenvalue weighted by atomic mass is 16.5. The van der Waals surface area contributed by atoms with E-state index in [4.69, 9.17) is 9.47 Å². The Bertz CT molecular complexity index is 3620. The molecule has 0 unspecified atom stereocenters. The number of alkyl carbamates (subject to hydrolysis) is 1. The van der Waals surface area contributed by atoms with Gasteiger partial charge in [-0.2, -0.15) is 0 Å². The summed E-state index contributed by atoms with van der Waals surface area (Å²) in [7, 11) is 1.24. The molecule has 0 bridgehead atoms. The fraction of sp³-hybridized carbons (Fsp3) is 0.191. The second kappa shape index (κ2) is 26.9. The lowest BCUT2D eigenvalue weighted by molar-refractivity contribution is -0.146. The standard InChI is InChI=1S/C68H64N6O9/c1-42(2)61(67(80)82-4)74-66(79)60(40-45-25-9-6-10-26-45)73-64(77)55-36-18-16-30-49(55)48-29-15-17-35-54(48)63(76)72-59(39-44-23-7-5-8-24-44)65(78)71-58-38-22-20-34-53(58)52-33-19-21-37-57(52)70-62(75)43(3)69-68(81)83-41-56-50-31-13-11-27-46(50)47-28-12-14-32-51(47)56/h5-38,42-43,56,59-61H,39-41H2,1-4H3,(H,69,81)(H,70,75)(H,71,78)(H,72,76)(H,73,77)(H,74,79)/t43-,59-,60-,61-/m0/s1. The Balaban J connectivity index is 0.912. The topological polar surface area (TPSA) is 210 Å². The van der Waals surface area contributed by atoms with Crippen molar-refractivity contribution in [2.75, 3.05) is 24.4 Å². The predicted molar refractivity (Wildman–Crippen MR) is 320 cm³/mol. The molecule has 0 fully saturated rings. The van der Waals surface area contributed by atoms with Crippen LogP contribution in [0.4, 0.5) is 16.2 Å². The van der Waals surface area contributed by atoms with Crippen LogP contribution in [-0.4, -0.2) is 79.5 Å². The molecule has 0 spiro atoms. The number of ether oxygens (including phenoxy) is 2. The number of hydrogen-bond donors (Lipinski definition) is 6. The highest BCUT2D eigenvalue weighted by molar-refractivity contribution is 6.09. The van der Waals surface area contributed by atoms with Gasteiger partial charge in [-0.25, -0.2) is 9.59 Å². The molecule has 9 rings (SSSR count). The van der Waals surface area contributed by atoms with Gasteiger partial charge < -0.3 is 41.4 Å². The maximum atomic E-state index is 14.8. The SMILES string of the molecule is COC(=O)[C@@H](NC(=O)[C@H](Cc1ccccc1)NC(=O)c1ccccc1-c1ccccc1C(=O)N[C@@H](Cc1ccccc1)C(=O)Nc1ccccc1-c1ccccc1NC(=O)[C@H](C)NC(=O)OCC1c2ccccc2-c2ccccc21)C(C)C. The summed E-state index contributed by atoms with van der Waals surface area (Å²) in [6, 6.07) is 57.9. The minimum Gasteiger partial charge on any atom is -0.467 e. The molecule has 4 atom stereocenters. The van der Waals surface area contributed by atoms with E-state index in [9.17, 15) is 33.6 Å². The average Bonchev–Trinajstić information content (AvgIpc) is 4.09. The van der Waals surface area contributed by atoms with Crippen molar-refractivity contribution in [3.63, 3.8) is 0 Å². The fourth-order valence-corrected chi connectivity index (χ4v) is 10.3. The number of benzene rings is 8. The Kier molecular flexibility index (Phi) is 18.6. The third kappa shape index (κ3) is 13.9. The third-order valence-electron chi connectivity index (χ3n) is 14.6. The van der Waals surface area contributed by atoms with Gasteiger partial charge in [0.25, 0.3) is 11.8 Å². The zero-order chi connectivity index (χ0) is 58.4. The van der Waals surface area contributed by atoms with Gasteiger partial charge in [0.2, 0.25) is 17.7 Å². The minimum absolute atomic E-state index is 0.0831. The van der Waals surface area contributed by atoms with E-state index in [1.807, 2.05) is 97.1 Å². The first-order chi connectivity index (χ1) is 40.3. The van der Waals surface area contributed by atoms with Gasteiger partial charge in [-0.1, -0.05) is 196 Å². The summed E-state index contributed by atoms with van der Waals surface area (Å²) in [6.45, 7) is 5.20. The number of hydrogen-bond acceptors (Lipinski definition) is 9. The molecule has 8 aromatic rings. The van der Waals surface area contributed by atoms with Gasteiger partial charge in [-0.15, -0.1) is 0 Å². The summed E-state index contributed by atoms with van der Waals surface area (Å²) >= 11 is 0. The van der Waals surface area contributed by atoms with Crippen LogP contribution >= 0.6 is 0 Å². The summed E-state index contributed by atoms with van der Waals surface area (Å²) in [5.74, 6) is -3.92. The lowest BCUT2D eigenvalue weighted by Crippen LogP contribution is -2.54. The molecule has 0 aliphatic heterocycles. The number of fused-ring (bicyclic) bond motifs is 3. The van der Waals surface area contributed by atoms with E-state index in [2.05, 4.69) is 44.0 Å². The number of carbonyl (C=O) groups is 7. The second-order valence-corrected chi connectivity index (χ2v) is 20.5. The molecule has 0 aromatic heterocycles. The Morgan fingerprint density at radius 3 is 1.29 bits per heavy atom. The van der Waals surface area contributed by atoms with Crippen molar-refractivity contribution in [2.45, 2.75) is 63.7 Å². The molecule has 15 nitrogen and oxygen atoms in total. The lowest BCUT2D eigenvalue weighted by Gasteiger charge is -2.25. The van der Waals surface area contributed by atoms with Gasteiger partial charge in [0.15, 0.2) is 0 Å². The Hall–Kier alpha value is -10.2. The Morgan fingerprint density at radius 1 is 0.422 bits per heavy atom. The number of methoxy groups -OCH3 is 1. The Labute approximate surface area is 482 Å². The van der Waals surface area contributed by atoms with E-state index in [1.165, 1.54) is 7.11 Å². The molecular formula is C68H64N6O9. The number of anilines is 2. The van der Waals surface area contributed by atoms with Crippen molar-refractivity contribution in [2.24, 2.45) is 5.92 Å². The number of para-hydroxylation sites is 2. The molecule has 0 saturated heterocycles. The van der Waals surface area contributed by atoms with Crippen LogP contribution in [0.5, 0.6) is 0 Å². The van der Waals surface area contributed by atoms with Gasteiger partial charge in [-0.3, -0.25) is 24.0 Å². The first kappa shape index (κ1) is 57.5. The molecule has 1 aliphatic rings. The molecule has 8 aromatic carbocycles. The minimum atomic E-state index is -1.14. The van der Waals surface area contributed by atoms with Crippen LogP contribution < -0.4 is 31.9 Å². The highest BCUT2D eigenvalue weighted by Crippen LogP contribution is 2.44. The number of carbonyl (C=O) groups excluding carboxylic acids is 7. The number of rotatable bonds is 21. The van der Waals surface area contributed by atoms with Gasteiger partial charge in [0.05, 0.1) is 7.11 Å². The maximum Gasteiger partial charge on any atom is 0.407 e. The molecule has 6 N–H and O–H groups in total. The fourth-order valence-electron chi connectivity index (χ4n) is 10.3. The number of nitrogens with one attached hydrogen (secondary N) is 6. The second-order valence-electron chi connectivity index (χ2n) is 20.5. The van der Waals surface area contributed by atoms with E-state index >= 15 is 0 Å². The number of amides is 6. The predicted octanol–water partition coefficient (Wildman–Crippen LogP) is 10.5. The van der Waals surface area contributed by atoms with Gasteiger partial charge in [0, 0.05) is 52.4 Å². The summed E-state index contributed by atoms with van der Waals surface area (Å²) in [4.78, 5) is 97.7. The van der Waals surface area contributed by atoms with Gasteiger partial charge >= 0.3 is 12.1 Å². The lowest BCUT2D eigenvalue weighted by atomic mass is 9.93. The average molecular weight is 1110 g/mol. The van der Waals surface area contributed by atoms with Crippen LogP contribution in [0.2, 0.25) is 0 Å². The first-order valence-electron chi connectivity index (χ1n) is 27.5. The molecule has 0 heterocycles. The molecule has 0 saturated carbocycles. The summed E-state index contributed by atoms with van der Waals surface area (Å²) in [5, 5.41) is 17.3. The van der Waals surface area contributed by atoms with E-state index in [-0.39, 0.29) is 42.4 Å². The Morgan fingerprint density at radius 2 is 0.819 bits per heavy atom. The summed E-state index contributed by atoms with van der Waals surface area (Å²) in [5.41, 5.74) is 8.90. The largest absolute Gasteiger partial charge is 0.467 e. The molecule has 1 aliphatic carbocycles. The zero-order valence-electron chi connectivity index (χ0n) is 46.4.